The van der Waals surface area contributed by atoms with E-state index in [1.54, 1.807) is 6.92 Å². The van der Waals surface area contributed by atoms with Gasteiger partial charge >= 0.3 is 6.09 Å². The second-order valence-electron chi connectivity index (χ2n) is 4.21. The molecule has 0 aliphatic heterocycles. The van der Waals surface area contributed by atoms with Crippen LogP contribution in [0.2, 0.25) is 0 Å². The first kappa shape index (κ1) is 16.7. The standard InChI is InChI=1S/C11H18N4O3S2/c1-4-18-10(17)13-8(16)6-19-11-15-14-9(20-11)12-5-7(2)3/h7H,4-6H2,1-3H3,(H,12,14)(H,13,16,17). The molecule has 2 N–H and O–H groups in total. The molecule has 9 heteroatoms. The Bertz CT molecular complexity index is 451. The normalized spacial score (nSPS) is 10.4. The molecule has 0 aromatic carbocycles. The Morgan fingerprint density at radius 2 is 2.15 bits per heavy atom. The minimum Gasteiger partial charge on any atom is -0.450 e. The first-order valence-corrected chi connectivity index (χ1v) is 7.98. The Balaban J connectivity index is 2.31. The molecule has 0 fully saturated rings. The fourth-order valence-corrected chi connectivity index (χ4v) is 2.63. The molecular formula is C11H18N4O3S2. The van der Waals surface area contributed by atoms with Gasteiger partial charge < -0.3 is 10.1 Å². The van der Waals surface area contributed by atoms with Crippen molar-refractivity contribution in [2.24, 2.45) is 5.92 Å². The number of thioether (sulfide) groups is 1. The number of alkyl carbamates (subject to hydrolysis) is 1. The molecular weight excluding hydrogens is 300 g/mol. The van der Waals surface area contributed by atoms with E-state index in [1.165, 1.54) is 23.1 Å². The highest BCUT2D eigenvalue weighted by Gasteiger charge is 2.11. The average Bonchev–Trinajstić information content (AvgIpc) is 2.82. The lowest BCUT2D eigenvalue weighted by molar-refractivity contribution is -0.117. The van der Waals surface area contributed by atoms with E-state index in [-0.39, 0.29) is 12.4 Å². The van der Waals surface area contributed by atoms with E-state index in [0.29, 0.717) is 10.3 Å². The summed E-state index contributed by atoms with van der Waals surface area (Å²) in [5, 5.41) is 13.9. The molecule has 0 spiro atoms. The summed E-state index contributed by atoms with van der Waals surface area (Å²) in [6.07, 6.45) is -0.727. The minimum atomic E-state index is -0.727. The lowest BCUT2D eigenvalue weighted by Crippen LogP contribution is -2.32. The summed E-state index contributed by atoms with van der Waals surface area (Å²) in [5.41, 5.74) is 0. The summed E-state index contributed by atoms with van der Waals surface area (Å²) in [5.74, 6) is 0.197. The first-order chi connectivity index (χ1) is 9.51. The molecule has 1 aromatic heterocycles. The first-order valence-electron chi connectivity index (χ1n) is 6.18. The zero-order valence-electron chi connectivity index (χ0n) is 11.6. The number of amides is 2. The maximum atomic E-state index is 11.4. The van der Waals surface area contributed by atoms with Crippen LogP contribution in [0.3, 0.4) is 0 Å². The Morgan fingerprint density at radius 3 is 2.80 bits per heavy atom. The molecule has 0 unspecified atom stereocenters. The lowest BCUT2D eigenvalue weighted by atomic mass is 10.2. The number of rotatable bonds is 7. The third kappa shape index (κ3) is 6.71. The molecule has 0 saturated heterocycles. The van der Waals surface area contributed by atoms with E-state index < -0.39 is 12.0 Å². The van der Waals surface area contributed by atoms with Crippen molar-refractivity contribution in [3.05, 3.63) is 0 Å². The fourth-order valence-electron chi connectivity index (χ4n) is 1.08. The molecule has 1 aromatic rings. The monoisotopic (exact) mass is 318 g/mol. The Labute approximate surface area is 125 Å². The number of nitrogens with zero attached hydrogens (tertiary/aromatic N) is 2. The topological polar surface area (TPSA) is 93.2 Å². The number of hydrogen-bond donors (Lipinski definition) is 2. The third-order valence-corrected chi connectivity index (χ3v) is 3.93. The number of carbonyl (C=O) groups excluding carboxylic acids is 2. The van der Waals surface area contributed by atoms with Gasteiger partial charge in [-0.1, -0.05) is 36.9 Å². The van der Waals surface area contributed by atoms with Crippen LogP contribution in [-0.2, 0) is 9.53 Å². The van der Waals surface area contributed by atoms with E-state index >= 15 is 0 Å². The van der Waals surface area contributed by atoms with Gasteiger partial charge in [0.25, 0.3) is 0 Å². The highest BCUT2D eigenvalue weighted by molar-refractivity contribution is 8.01. The number of nitrogens with one attached hydrogen (secondary N) is 2. The number of imide groups is 1. The predicted molar refractivity (Wildman–Crippen MR) is 79.1 cm³/mol. The van der Waals surface area contributed by atoms with Crippen LogP contribution in [0.4, 0.5) is 9.93 Å². The maximum Gasteiger partial charge on any atom is 0.413 e. The van der Waals surface area contributed by atoms with E-state index in [4.69, 9.17) is 0 Å². The molecule has 0 atom stereocenters. The number of ether oxygens (including phenoxy) is 1. The van der Waals surface area contributed by atoms with Crippen LogP contribution in [-0.4, -0.2) is 41.1 Å². The summed E-state index contributed by atoms with van der Waals surface area (Å²) in [4.78, 5) is 22.5. The minimum absolute atomic E-state index is 0.0949. The lowest BCUT2D eigenvalue weighted by Gasteiger charge is -2.03. The van der Waals surface area contributed by atoms with E-state index in [9.17, 15) is 9.59 Å². The van der Waals surface area contributed by atoms with Gasteiger partial charge in [0.1, 0.15) is 0 Å². The average molecular weight is 318 g/mol. The van der Waals surface area contributed by atoms with Gasteiger partial charge in [-0.3, -0.25) is 10.1 Å². The largest absolute Gasteiger partial charge is 0.450 e. The van der Waals surface area contributed by atoms with Gasteiger partial charge in [-0.25, -0.2) is 4.79 Å². The molecule has 7 nitrogen and oxygen atoms in total. The van der Waals surface area contributed by atoms with E-state index in [2.05, 4.69) is 39.4 Å². The molecule has 1 heterocycles. The quantitative estimate of drug-likeness (QED) is 0.742. The number of carbonyl (C=O) groups is 2. The van der Waals surface area contributed by atoms with Crippen molar-refractivity contribution in [1.82, 2.24) is 15.5 Å². The molecule has 2 amide bonds. The Hall–Kier alpha value is -1.35. The van der Waals surface area contributed by atoms with Crippen LogP contribution in [0, 0.1) is 5.92 Å². The van der Waals surface area contributed by atoms with Crippen LogP contribution in [0.25, 0.3) is 0 Å². The smallest absolute Gasteiger partial charge is 0.413 e. The summed E-state index contributed by atoms with van der Waals surface area (Å²) < 4.78 is 5.28. The SMILES string of the molecule is CCOC(=O)NC(=O)CSc1nnc(NCC(C)C)s1. The highest BCUT2D eigenvalue weighted by Crippen LogP contribution is 2.25. The van der Waals surface area contributed by atoms with Crippen molar-refractivity contribution in [3.63, 3.8) is 0 Å². The zero-order valence-corrected chi connectivity index (χ0v) is 13.3. The second kappa shape index (κ2) is 8.75. The van der Waals surface area contributed by atoms with Crippen LogP contribution in [0.15, 0.2) is 4.34 Å². The predicted octanol–water partition coefficient (Wildman–Crippen LogP) is 1.97. The number of anilines is 1. The Kier molecular flexibility index (Phi) is 7.31. The third-order valence-electron chi connectivity index (χ3n) is 1.91. The fraction of sp³-hybridized carbons (Fsp3) is 0.636. The number of hydrogen-bond acceptors (Lipinski definition) is 8. The highest BCUT2D eigenvalue weighted by atomic mass is 32.2. The van der Waals surface area contributed by atoms with Gasteiger partial charge in [-0.15, -0.1) is 10.2 Å². The van der Waals surface area contributed by atoms with Crippen molar-refractivity contribution >= 4 is 40.2 Å². The molecule has 20 heavy (non-hydrogen) atoms. The van der Waals surface area contributed by atoms with Gasteiger partial charge in [0.2, 0.25) is 11.0 Å². The van der Waals surface area contributed by atoms with Gasteiger partial charge in [0.15, 0.2) is 4.34 Å². The van der Waals surface area contributed by atoms with Crippen LogP contribution in [0.1, 0.15) is 20.8 Å². The molecule has 1 rings (SSSR count). The summed E-state index contributed by atoms with van der Waals surface area (Å²) in [6.45, 7) is 6.93. The van der Waals surface area contributed by atoms with E-state index in [0.717, 1.165) is 11.7 Å². The van der Waals surface area contributed by atoms with Crippen LogP contribution >= 0.6 is 23.1 Å². The van der Waals surface area contributed by atoms with E-state index in [1.807, 2.05) is 0 Å². The van der Waals surface area contributed by atoms with Crippen molar-refractivity contribution in [1.29, 1.82) is 0 Å². The van der Waals surface area contributed by atoms with Gasteiger partial charge in [-0.2, -0.15) is 0 Å². The van der Waals surface area contributed by atoms with Crippen molar-refractivity contribution in [2.75, 3.05) is 24.2 Å². The molecule has 0 radical (unpaired) electrons. The van der Waals surface area contributed by atoms with Crippen molar-refractivity contribution in [2.45, 2.75) is 25.1 Å². The Morgan fingerprint density at radius 1 is 1.40 bits per heavy atom. The van der Waals surface area contributed by atoms with Crippen molar-refractivity contribution < 1.29 is 14.3 Å². The summed E-state index contributed by atoms with van der Waals surface area (Å²) in [7, 11) is 0. The molecule has 0 saturated carbocycles. The summed E-state index contributed by atoms with van der Waals surface area (Å²) >= 11 is 2.61. The summed E-state index contributed by atoms with van der Waals surface area (Å²) in [6, 6.07) is 0. The molecule has 0 bridgehead atoms. The maximum absolute atomic E-state index is 11.4. The van der Waals surface area contributed by atoms with Crippen LogP contribution in [0.5, 0.6) is 0 Å². The van der Waals surface area contributed by atoms with Gasteiger partial charge in [-0.05, 0) is 12.8 Å². The zero-order chi connectivity index (χ0) is 15.0. The molecule has 112 valence electrons. The molecule has 0 aliphatic rings. The van der Waals surface area contributed by atoms with Gasteiger partial charge in [0, 0.05) is 6.54 Å². The molecule has 0 aliphatic carbocycles. The number of aromatic nitrogens is 2. The second-order valence-corrected chi connectivity index (χ2v) is 6.41. The van der Waals surface area contributed by atoms with Crippen LogP contribution < -0.4 is 10.6 Å². The van der Waals surface area contributed by atoms with Crippen molar-refractivity contribution in [3.8, 4) is 0 Å². The van der Waals surface area contributed by atoms with Gasteiger partial charge in [0.05, 0.1) is 12.4 Å².